The molecule has 0 radical (unpaired) electrons. The first-order chi connectivity index (χ1) is 10.5. The van der Waals surface area contributed by atoms with Gasteiger partial charge in [-0.25, -0.2) is 4.79 Å². The highest BCUT2D eigenvalue weighted by Gasteiger charge is 2.17. The number of para-hydroxylation sites is 1. The Hall–Kier alpha value is -2.34. The van der Waals surface area contributed by atoms with Crippen LogP contribution < -0.4 is 10.6 Å². The number of imide groups is 1. The van der Waals surface area contributed by atoms with E-state index < -0.39 is 6.03 Å². The number of fused-ring (bicyclic) bond motifs is 1. The molecule has 118 valence electrons. The normalized spacial score (nSPS) is 12.4. The highest BCUT2D eigenvalue weighted by Crippen LogP contribution is 2.26. The molecule has 0 aliphatic heterocycles. The third-order valence-corrected chi connectivity index (χ3v) is 3.69. The van der Waals surface area contributed by atoms with Crippen LogP contribution in [-0.4, -0.2) is 37.5 Å². The fourth-order valence-corrected chi connectivity index (χ4v) is 2.15. The summed E-state index contributed by atoms with van der Waals surface area (Å²) in [6, 6.07) is 9.42. The summed E-state index contributed by atoms with van der Waals surface area (Å²) in [6.07, 6.45) is 0.245. The molecule has 0 aliphatic carbocycles. The summed E-state index contributed by atoms with van der Waals surface area (Å²) < 4.78 is 5.83. The number of amides is 3. The van der Waals surface area contributed by atoms with Gasteiger partial charge in [0.2, 0.25) is 5.91 Å². The Balaban J connectivity index is 1.92. The molecular weight excluding hydrogens is 282 g/mol. The molecule has 0 aliphatic rings. The molecule has 6 nitrogen and oxygen atoms in total. The lowest BCUT2D eigenvalue weighted by Crippen LogP contribution is -2.38. The van der Waals surface area contributed by atoms with Crippen LogP contribution in [0.15, 0.2) is 34.7 Å². The van der Waals surface area contributed by atoms with Crippen molar-refractivity contribution in [3.8, 4) is 0 Å². The standard InChI is InChI=1S/C16H21N3O3/c1-11(14-10-12-6-4-5-7-13(12)22-14)19(3)9-8-15(20)18-16(21)17-2/h4-7,10-11H,8-9H2,1-3H3,(H2,17,18,20,21). The lowest BCUT2D eigenvalue weighted by Gasteiger charge is -2.22. The minimum absolute atomic E-state index is 0.0419. The molecule has 0 fully saturated rings. The minimum Gasteiger partial charge on any atom is -0.459 e. The van der Waals surface area contributed by atoms with Gasteiger partial charge >= 0.3 is 6.03 Å². The molecule has 3 amide bonds. The van der Waals surface area contributed by atoms with Crippen LogP contribution >= 0.6 is 0 Å². The van der Waals surface area contributed by atoms with Crippen LogP contribution in [0, 0.1) is 0 Å². The number of benzene rings is 1. The molecule has 1 atom stereocenters. The summed E-state index contributed by atoms with van der Waals surface area (Å²) in [5, 5.41) is 5.66. The maximum absolute atomic E-state index is 11.6. The van der Waals surface area contributed by atoms with E-state index in [1.807, 2.05) is 49.2 Å². The molecule has 22 heavy (non-hydrogen) atoms. The van der Waals surface area contributed by atoms with E-state index in [2.05, 4.69) is 10.6 Å². The summed E-state index contributed by atoms with van der Waals surface area (Å²) in [5.41, 5.74) is 0.857. The molecule has 2 N–H and O–H groups in total. The van der Waals surface area contributed by atoms with Gasteiger partial charge in [-0.3, -0.25) is 15.0 Å². The van der Waals surface area contributed by atoms with E-state index in [1.54, 1.807) is 0 Å². The Labute approximate surface area is 129 Å². The second kappa shape index (κ2) is 7.09. The Morgan fingerprint density at radius 1 is 1.32 bits per heavy atom. The summed E-state index contributed by atoms with van der Waals surface area (Å²) in [5.74, 6) is 0.554. The number of nitrogens with zero attached hydrogens (tertiary/aromatic N) is 1. The molecule has 2 aromatic rings. The van der Waals surface area contributed by atoms with Crippen LogP contribution in [-0.2, 0) is 4.79 Å². The molecule has 6 heteroatoms. The van der Waals surface area contributed by atoms with Gasteiger partial charge in [0.05, 0.1) is 6.04 Å². The van der Waals surface area contributed by atoms with E-state index in [1.165, 1.54) is 7.05 Å². The summed E-state index contributed by atoms with van der Waals surface area (Å²) in [4.78, 5) is 24.7. The molecular formula is C16H21N3O3. The first kappa shape index (κ1) is 16.0. The van der Waals surface area contributed by atoms with Crippen molar-refractivity contribution in [3.05, 3.63) is 36.1 Å². The van der Waals surface area contributed by atoms with Crippen molar-refractivity contribution in [2.75, 3.05) is 20.6 Å². The smallest absolute Gasteiger partial charge is 0.321 e. The predicted octanol–water partition coefficient (Wildman–Crippen LogP) is 2.27. The topological polar surface area (TPSA) is 74.6 Å². The van der Waals surface area contributed by atoms with Gasteiger partial charge in [-0.05, 0) is 26.1 Å². The lowest BCUT2D eigenvalue weighted by molar-refractivity contribution is -0.120. The maximum atomic E-state index is 11.6. The monoisotopic (exact) mass is 303 g/mol. The number of furan rings is 1. The quantitative estimate of drug-likeness (QED) is 0.888. The van der Waals surface area contributed by atoms with Gasteiger partial charge in [-0.1, -0.05) is 18.2 Å². The van der Waals surface area contributed by atoms with E-state index in [0.717, 1.165) is 16.7 Å². The van der Waals surface area contributed by atoms with E-state index >= 15 is 0 Å². The zero-order chi connectivity index (χ0) is 16.1. The van der Waals surface area contributed by atoms with Crippen molar-refractivity contribution < 1.29 is 14.0 Å². The third-order valence-electron chi connectivity index (χ3n) is 3.69. The van der Waals surface area contributed by atoms with E-state index in [9.17, 15) is 9.59 Å². The van der Waals surface area contributed by atoms with Crippen molar-refractivity contribution >= 4 is 22.9 Å². The highest BCUT2D eigenvalue weighted by atomic mass is 16.3. The number of hydrogen-bond acceptors (Lipinski definition) is 4. The minimum atomic E-state index is -0.488. The van der Waals surface area contributed by atoms with Gasteiger partial charge in [0.25, 0.3) is 0 Å². The average molecular weight is 303 g/mol. The van der Waals surface area contributed by atoms with Gasteiger partial charge in [0, 0.05) is 25.4 Å². The van der Waals surface area contributed by atoms with Gasteiger partial charge in [-0.2, -0.15) is 0 Å². The Morgan fingerprint density at radius 2 is 2.05 bits per heavy atom. The van der Waals surface area contributed by atoms with Crippen LogP contribution in [0.4, 0.5) is 4.79 Å². The lowest BCUT2D eigenvalue weighted by atomic mass is 10.2. The summed E-state index contributed by atoms with van der Waals surface area (Å²) >= 11 is 0. The van der Waals surface area contributed by atoms with Crippen molar-refractivity contribution in [1.29, 1.82) is 0 Å². The number of rotatable bonds is 5. The first-order valence-corrected chi connectivity index (χ1v) is 7.21. The number of hydrogen-bond donors (Lipinski definition) is 2. The second-order valence-electron chi connectivity index (χ2n) is 5.22. The Morgan fingerprint density at radius 3 is 2.73 bits per heavy atom. The van der Waals surface area contributed by atoms with Crippen molar-refractivity contribution in [2.24, 2.45) is 0 Å². The molecule has 0 spiro atoms. The van der Waals surface area contributed by atoms with Crippen LogP contribution in [0.3, 0.4) is 0 Å². The summed E-state index contributed by atoms with van der Waals surface area (Å²) in [7, 11) is 3.39. The van der Waals surface area contributed by atoms with Gasteiger partial charge in [-0.15, -0.1) is 0 Å². The van der Waals surface area contributed by atoms with E-state index in [0.29, 0.717) is 6.54 Å². The maximum Gasteiger partial charge on any atom is 0.321 e. The average Bonchev–Trinajstić information content (AvgIpc) is 2.95. The SMILES string of the molecule is CNC(=O)NC(=O)CCN(C)C(C)c1cc2ccccc2o1. The third kappa shape index (κ3) is 3.85. The van der Waals surface area contributed by atoms with Crippen molar-refractivity contribution in [2.45, 2.75) is 19.4 Å². The van der Waals surface area contributed by atoms with Gasteiger partial charge < -0.3 is 9.73 Å². The largest absolute Gasteiger partial charge is 0.459 e. The molecule has 0 saturated heterocycles. The van der Waals surface area contributed by atoms with Gasteiger partial charge in [0.1, 0.15) is 11.3 Å². The zero-order valence-corrected chi connectivity index (χ0v) is 13.1. The first-order valence-electron chi connectivity index (χ1n) is 7.21. The van der Waals surface area contributed by atoms with Crippen LogP contribution in [0.1, 0.15) is 25.1 Å². The van der Waals surface area contributed by atoms with Crippen LogP contribution in [0.5, 0.6) is 0 Å². The molecule has 1 heterocycles. The number of nitrogens with one attached hydrogen (secondary N) is 2. The number of urea groups is 1. The fraction of sp³-hybridized carbons (Fsp3) is 0.375. The fourth-order valence-electron chi connectivity index (χ4n) is 2.15. The van der Waals surface area contributed by atoms with E-state index in [-0.39, 0.29) is 18.4 Å². The summed E-state index contributed by atoms with van der Waals surface area (Å²) in [6.45, 7) is 2.55. The van der Waals surface area contributed by atoms with E-state index in [4.69, 9.17) is 4.42 Å². The predicted molar refractivity (Wildman–Crippen MR) is 84.5 cm³/mol. The van der Waals surface area contributed by atoms with Crippen LogP contribution in [0.2, 0.25) is 0 Å². The molecule has 1 aromatic carbocycles. The Kier molecular flexibility index (Phi) is 5.16. The van der Waals surface area contributed by atoms with Crippen molar-refractivity contribution in [1.82, 2.24) is 15.5 Å². The van der Waals surface area contributed by atoms with Gasteiger partial charge in [0.15, 0.2) is 0 Å². The molecule has 1 unspecified atom stereocenters. The number of carbonyl (C=O) groups excluding carboxylic acids is 2. The highest BCUT2D eigenvalue weighted by molar-refractivity contribution is 5.94. The second-order valence-corrected chi connectivity index (χ2v) is 5.22. The number of carbonyl (C=O) groups is 2. The van der Waals surface area contributed by atoms with Crippen LogP contribution in [0.25, 0.3) is 11.0 Å². The molecule has 0 saturated carbocycles. The Bertz CT molecular complexity index is 632. The van der Waals surface area contributed by atoms with Crippen molar-refractivity contribution in [3.63, 3.8) is 0 Å². The molecule has 0 bridgehead atoms. The molecule has 1 aromatic heterocycles. The zero-order valence-electron chi connectivity index (χ0n) is 13.1. The molecule has 2 rings (SSSR count).